The maximum absolute atomic E-state index is 5.53. The summed E-state index contributed by atoms with van der Waals surface area (Å²) in [6.45, 7) is 0. The second-order valence-corrected chi connectivity index (χ2v) is 8.70. The summed E-state index contributed by atoms with van der Waals surface area (Å²) in [5.74, 6) is 2.43. The number of anilines is 4. The van der Waals surface area contributed by atoms with Crippen molar-refractivity contribution >= 4 is 34.3 Å². The van der Waals surface area contributed by atoms with E-state index in [1.807, 2.05) is 82.1 Å². The van der Waals surface area contributed by atoms with E-state index in [1.165, 1.54) is 0 Å². The molecule has 0 atom stereocenters. The third kappa shape index (κ3) is 4.71. The number of benzene rings is 3. The molecule has 0 bridgehead atoms. The number of imidazole rings is 2. The predicted octanol–water partition coefficient (Wildman–Crippen LogP) is 5.51. The highest BCUT2D eigenvalue weighted by Gasteiger charge is 2.18. The van der Waals surface area contributed by atoms with E-state index < -0.39 is 0 Å². The van der Waals surface area contributed by atoms with Crippen molar-refractivity contribution in [3.63, 3.8) is 0 Å². The molecule has 0 unspecified atom stereocenters. The maximum atomic E-state index is 5.53. The smallest absolute Gasteiger partial charge is 0.231 e. The van der Waals surface area contributed by atoms with Crippen LogP contribution in [0.25, 0.3) is 22.5 Å². The summed E-state index contributed by atoms with van der Waals surface area (Å²) in [6.07, 6.45) is 7.13. The van der Waals surface area contributed by atoms with Crippen molar-refractivity contribution in [2.24, 2.45) is 0 Å². The minimum absolute atomic E-state index is 0.399. The zero-order chi connectivity index (χ0) is 27.5. The Bertz CT molecular complexity index is 1730. The monoisotopic (exact) mass is 534 g/mol. The topological polar surface area (TPSA) is 113 Å². The largest absolute Gasteiger partial charge is 0.493 e. The van der Waals surface area contributed by atoms with Gasteiger partial charge >= 0.3 is 0 Å². The van der Waals surface area contributed by atoms with Crippen molar-refractivity contribution in [2.45, 2.75) is 0 Å². The lowest BCUT2D eigenvalue weighted by Gasteiger charge is -2.15. The Balaban J connectivity index is 1.42. The van der Waals surface area contributed by atoms with E-state index in [1.54, 1.807) is 40.2 Å². The molecule has 40 heavy (non-hydrogen) atoms. The second kappa shape index (κ2) is 10.7. The molecule has 0 amide bonds. The van der Waals surface area contributed by atoms with Gasteiger partial charge in [0.1, 0.15) is 6.33 Å². The SMILES string of the molecule is COc1cc(Nc2nc(Nc3ccc(-n4ccnc4)cc3)nc3c2ncn3-c2ccccc2)cc(OC)c1OC. The Hall–Kier alpha value is -5.58. The standard InChI is InChI=1S/C29H26N8O3/c1-38-23-15-20(16-24(39-2)26(23)40-3)32-27-25-28(37(18-31-25)22-7-5-4-6-8-22)35-29(34-27)33-19-9-11-21(12-10-19)36-14-13-30-17-36/h4-18H,1-3H3,(H2,32,33,34,35). The Morgan fingerprint density at radius 3 is 2.12 bits per heavy atom. The van der Waals surface area contributed by atoms with Gasteiger partial charge in [0.05, 0.1) is 27.7 Å². The first-order valence-electron chi connectivity index (χ1n) is 12.4. The van der Waals surface area contributed by atoms with E-state index in [9.17, 15) is 0 Å². The highest BCUT2D eigenvalue weighted by molar-refractivity contribution is 5.88. The lowest BCUT2D eigenvalue weighted by molar-refractivity contribution is 0.324. The van der Waals surface area contributed by atoms with Gasteiger partial charge in [-0.05, 0) is 36.4 Å². The van der Waals surface area contributed by atoms with Gasteiger partial charge in [-0.2, -0.15) is 9.97 Å². The minimum atomic E-state index is 0.399. The summed E-state index contributed by atoms with van der Waals surface area (Å²) in [4.78, 5) is 18.4. The van der Waals surface area contributed by atoms with E-state index >= 15 is 0 Å². The third-order valence-electron chi connectivity index (χ3n) is 6.28. The molecule has 3 aromatic carbocycles. The van der Waals surface area contributed by atoms with Crippen LogP contribution in [0, 0.1) is 0 Å². The number of rotatable bonds is 9. The second-order valence-electron chi connectivity index (χ2n) is 8.70. The highest BCUT2D eigenvalue weighted by Crippen LogP contribution is 2.41. The van der Waals surface area contributed by atoms with Crippen LogP contribution in [-0.2, 0) is 0 Å². The van der Waals surface area contributed by atoms with Gasteiger partial charge in [0.2, 0.25) is 11.7 Å². The first-order valence-corrected chi connectivity index (χ1v) is 12.4. The van der Waals surface area contributed by atoms with Crippen LogP contribution in [-0.4, -0.2) is 50.4 Å². The van der Waals surface area contributed by atoms with Gasteiger partial charge in [-0.25, -0.2) is 9.97 Å². The number of methoxy groups -OCH3 is 3. The predicted molar refractivity (Wildman–Crippen MR) is 153 cm³/mol. The first kappa shape index (κ1) is 24.7. The summed E-state index contributed by atoms with van der Waals surface area (Å²) >= 11 is 0. The number of ether oxygens (including phenoxy) is 3. The van der Waals surface area contributed by atoms with Crippen LogP contribution in [0.3, 0.4) is 0 Å². The molecule has 3 heterocycles. The summed E-state index contributed by atoms with van der Waals surface area (Å²) < 4.78 is 20.4. The van der Waals surface area contributed by atoms with Crippen molar-refractivity contribution in [1.82, 2.24) is 29.1 Å². The van der Waals surface area contributed by atoms with Gasteiger partial charge in [-0.15, -0.1) is 0 Å². The van der Waals surface area contributed by atoms with Crippen molar-refractivity contribution in [3.05, 3.63) is 91.8 Å². The van der Waals surface area contributed by atoms with E-state index in [0.717, 1.165) is 17.1 Å². The quantitative estimate of drug-likeness (QED) is 0.248. The molecule has 0 spiro atoms. The molecule has 0 aliphatic rings. The molecule has 2 N–H and O–H groups in total. The lowest BCUT2D eigenvalue weighted by atomic mass is 10.2. The molecule has 6 aromatic rings. The zero-order valence-corrected chi connectivity index (χ0v) is 22.1. The normalized spacial score (nSPS) is 10.9. The van der Waals surface area contributed by atoms with E-state index in [4.69, 9.17) is 24.2 Å². The van der Waals surface area contributed by atoms with Gasteiger partial charge in [0, 0.05) is 47.3 Å². The van der Waals surface area contributed by atoms with Crippen molar-refractivity contribution in [2.75, 3.05) is 32.0 Å². The number of fused-ring (bicyclic) bond motifs is 1. The third-order valence-corrected chi connectivity index (χ3v) is 6.28. The summed E-state index contributed by atoms with van der Waals surface area (Å²) in [5.41, 5.74) is 4.66. The molecule has 0 radical (unpaired) electrons. The summed E-state index contributed by atoms with van der Waals surface area (Å²) in [7, 11) is 4.72. The molecule has 6 rings (SSSR count). The van der Waals surface area contributed by atoms with Gasteiger partial charge in [-0.3, -0.25) is 4.57 Å². The average Bonchev–Trinajstić information content (AvgIpc) is 3.68. The van der Waals surface area contributed by atoms with Gasteiger partial charge < -0.3 is 29.4 Å². The molecule has 11 nitrogen and oxygen atoms in total. The van der Waals surface area contributed by atoms with Crippen molar-refractivity contribution < 1.29 is 14.2 Å². The molecule has 0 aliphatic carbocycles. The first-order chi connectivity index (χ1) is 19.7. The molecular formula is C29H26N8O3. The fourth-order valence-corrected chi connectivity index (χ4v) is 4.37. The van der Waals surface area contributed by atoms with Crippen LogP contribution in [0.4, 0.5) is 23.1 Å². The van der Waals surface area contributed by atoms with E-state index in [0.29, 0.717) is 45.9 Å². The summed E-state index contributed by atoms with van der Waals surface area (Å²) in [6, 6.07) is 21.4. The van der Waals surface area contributed by atoms with Crippen LogP contribution in [0.2, 0.25) is 0 Å². The van der Waals surface area contributed by atoms with Crippen molar-refractivity contribution in [1.29, 1.82) is 0 Å². The zero-order valence-electron chi connectivity index (χ0n) is 22.1. The minimum Gasteiger partial charge on any atom is -0.493 e. The van der Waals surface area contributed by atoms with Gasteiger partial charge in [-0.1, -0.05) is 18.2 Å². The van der Waals surface area contributed by atoms with E-state index in [2.05, 4.69) is 20.6 Å². The highest BCUT2D eigenvalue weighted by atomic mass is 16.5. The molecule has 0 aliphatic heterocycles. The molecule has 200 valence electrons. The van der Waals surface area contributed by atoms with Crippen LogP contribution in [0.5, 0.6) is 17.2 Å². The van der Waals surface area contributed by atoms with Crippen LogP contribution in [0.15, 0.2) is 91.8 Å². The van der Waals surface area contributed by atoms with Gasteiger partial charge in [0.15, 0.2) is 28.5 Å². The molecular weight excluding hydrogens is 508 g/mol. The van der Waals surface area contributed by atoms with Crippen molar-refractivity contribution in [3.8, 4) is 28.6 Å². The van der Waals surface area contributed by atoms with Crippen LogP contribution in [0.1, 0.15) is 0 Å². The molecule has 11 heteroatoms. The fourth-order valence-electron chi connectivity index (χ4n) is 4.37. The van der Waals surface area contributed by atoms with E-state index in [-0.39, 0.29) is 0 Å². The fraction of sp³-hybridized carbons (Fsp3) is 0.103. The average molecular weight is 535 g/mol. The van der Waals surface area contributed by atoms with Crippen LogP contribution >= 0.6 is 0 Å². The maximum Gasteiger partial charge on any atom is 0.231 e. The molecule has 0 saturated carbocycles. The van der Waals surface area contributed by atoms with Crippen LogP contribution < -0.4 is 24.8 Å². The number of hydrogen-bond donors (Lipinski definition) is 2. The molecule has 0 fully saturated rings. The number of hydrogen-bond acceptors (Lipinski definition) is 9. The Labute approximate surface area is 230 Å². The number of aromatic nitrogens is 6. The molecule has 3 aromatic heterocycles. The lowest BCUT2D eigenvalue weighted by Crippen LogP contribution is -2.05. The Morgan fingerprint density at radius 1 is 0.725 bits per heavy atom. The Morgan fingerprint density at radius 2 is 1.48 bits per heavy atom. The molecule has 0 saturated heterocycles. The van der Waals surface area contributed by atoms with Gasteiger partial charge in [0.25, 0.3) is 0 Å². The number of nitrogens with one attached hydrogen (secondary N) is 2. The Kier molecular flexibility index (Phi) is 6.59. The number of nitrogens with zero attached hydrogens (tertiary/aromatic N) is 6. The summed E-state index contributed by atoms with van der Waals surface area (Å²) in [5, 5.41) is 6.70. The number of para-hydroxylation sites is 1.